The van der Waals surface area contributed by atoms with E-state index >= 15 is 0 Å². The van der Waals surface area contributed by atoms with Gasteiger partial charge in [0, 0.05) is 0 Å². The fourth-order valence-electron chi connectivity index (χ4n) is 1.03. The summed E-state index contributed by atoms with van der Waals surface area (Å²) >= 11 is 0. The number of benzene rings is 1. The van der Waals surface area contributed by atoms with Crippen LogP contribution in [0.4, 0.5) is 0 Å². The molecule has 0 bridgehead atoms. The maximum Gasteiger partial charge on any atom is 0.145 e. The minimum Gasteiger partial charge on any atom is -0.456 e. The Hall–Kier alpha value is -2.27. The normalized spacial score (nSPS) is 10.2. The third-order valence-corrected chi connectivity index (χ3v) is 1.72. The Bertz CT molecular complexity index is 438. The molecule has 0 saturated carbocycles. The van der Waals surface area contributed by atoms with Crippen molar-refractivity contribution >= 4 is 0 Å². The summed E-state index contributed by atoms with van der Waals surface area (Å²) in [5.41, 5.74) is 0.495. The van der Waals surface area contributed by atoms with E-state index in [2.05, 4.69) is 19.2 Å². The van der Waals surface area contributed by atoms with Gasteiger partial charge >= 0.3 is 0 Å². The van der Waals surface area contributed by atoms with Gasteiger partial charge in [0.1, 0.15) is 17.6 Å². The van der Waals surface area contributed by atoms with Crippen molar-refractivity contribution in [1.29, 1.82) is 5.26 Å². The number of nitrogens with zero attached hydrogens (tertiary/aromatic N) is 1. The van der Waals surface area contributed by atoms with Crippen molar-refractivity contribution in [2.24, 2.45) is 0 Å². The molecule has 0 unspecified atom stereocenters. The van der Waals surface area contributed by atoms with E-state index in [0.29, 0.717) is 17.1 Å². The van der Waals surface area contributed by atoms with E-state index in [1.54, 1.807) is 36.4 Å². The van der Waals surface area contributed by atoms with E-state index in [1.165, 1.54) is 0 Å². The molecule has 1 aromatic carbocycles. The molecule has 15 heavy (non-hydrogen) atoms. The minimum atomic E-state index is 0.495. The second-order valence-electron chi connectivity index (χ2n) is 2.72. The van der Waals surface area contributed by atoms with Crippen molar-refractivity contribution < 1.29 is 4.74 Å². The van der Waals surface area contributed by atoms with Crippen LogP contribution in [-0.2, 0) is 0 Å². The Morgan fingerprint density at radius 3 is 2.67 bits per heavy atom. The maximum atomic E-state index is 8.84. The predicted molar refractivity (Wildman–Crippen MR) is 60.3 cm³/mol. The lowest BCUT2D eigenvalue weighted by Crippen LogP contribution is -1.93. The summed E-state index contributed by atoms with van der Waals surface area (Å²) in [4.78, 5) is 0. The molecule has 0 spiro atoms. The first-order chi connectivity index (χ1) is 7.31. The molecule has 0 atom stereocenters. The van der Waals surface area contributed by atoms with Crippen LogP contribution >= 0.6 is 0 Å². The fourth-order valence-corrected chi connectivity index (χ4v) is 1.03. The first-order valence-corrected chi connectivity index (χ1v) is 4.44. The lowest BCUT2D eigenvalue weighted by molar-refractivity contribution is 0.443. The van der Waals surface area contributed by atoms with Crippen LogP contribution in [0.2, 0.25) is 0 Å². The Labute approximate surface area is 89.4 Å². The Morgan fingerprint density at radius 1 is 1.33 bits per heavy atom. The summed E-state index contributed by atoms with van der Waals surface area (Å²) in [6.45, 7) is 7.17. The molecule has 0 aromatic heterocycles. The molecule has 74 valence electrons. The van der Waals surface area contributed by atoms with Crippen LogP contribution in [0.15, 0.2) is 61.4 Å². The zero-order valence-electron chi connectivity index (χ0n) is 8.31. The van der Waals surface area contributed by atoms with E-state index in [4.69, 9.17) is 10.00 Å². The highest BCUT2D eigenvalue weighted by atomic mass is 16.5. The van der Waals surface area contributed by atoms with Gasteiger partial charge in [-0.25, -0.2) is 0 Å². The summed E-state index contributed by atoms with van der Waals surface area (Å²) in [6.07, 6.45) is 4.85. The van der Waals surface area contributed by atoms with E-state index < -0.39 is 0 Å². The molecule has 0 fully saturated rings. The molecule has 1 aromatic rings. The van der Waals surface area contributed by atoms with Crippen molar-refractivity contribution in [2.45, 2.75) is 0 Å². The second-order valence-corrected chi connectivity index (χ2v) is 2.72. The van der Waals surface area contributed by atoms with Crippen molar-refractivity contribution in [3.63, 3.8) is 0 Å². The predicted octanol–water partition coefficient (Wildman–Crippen LogP) is 3.19. The van der Waals surface area contributed by atoms with Gasteiger partial charge in [0.2, 0.25) is 0 Å². The molecular weight excluding hydrogens is 186 g/mol. The smallest absolute Gasteiger partial charge is 0.145 e. The standard InChI is InChI=1S/C13H11NO/c1-3-7-12(4-2)15-13-9-6-5-8-11(13)10-14/h3-9H,1-2H2. The van der Waals surface area contributed by atoms with Gasteiger partial charge < -0.3 is 4.74 Å². The molecule has 2 nitrogen and oxygen atoms in total. The van der Waals surface area contributed by atoms with Gasteiger partial charge in [-0.3, -0.25) is 0 Å². The highest BCUT2D eigenvalue weighted by molar-refractivity contribution is 5.44. The van der Waals surface area contributed by atoms with Gasteiger partial charge in [-0.15, -0.1) is 0 Å². The summed E-state index contributed by atoms with van der Waals surface area (Å²) < 4.78 is 5.48. The SMILES string of the molecule is C=CC=C(C=C)Oc1ccccc1C#N. The third kappa shape index (κ3) is 2.85. The van der Waals surface area contributed by atoms with Gasteiger partial charge in [0.15, 0.2) is 0 Å². The van der Waals surface area contributed by atoms with Crippen LogP contribution in [0.25, 0.3) is 0 Å². The number of para-hydroxylation sites is 1. The molecule has 0 amide bonds. The van der Waals surface area contributed by atoms with E-state index in [1.807, 2.05) is 6.07 Å². The van der Waals surface area contributed by atoms with Gasteiger partial charge in [-0.05, 0) is 24.3 Å². The van der Waals surface area contributed by atoms with Crippen molar-refractivity contribution in [3.8, 4) is 11.8 Å². The first kappa shape index (κ1) is 10.8. The molecule has 0 saturated heterocycles. The summed E-state index contributed by atoms with van der Waals surface area (Å²) in [5.74, 6) is 1.08. The zero-order valence-corrected chi connectivity index (χ0v) is 8.31. The van der Waals surface area contributed by atoms with Crippen LogP contribution in [-0.4, -0.2) is 0 Å². The van der Waals surface area contributed by atoms with Crippen molar-refractivity contribution in [1.82, 2.24) is 0 Å². The van der Waals surface area contributed by atoms with Crippen LogP contribution < -0.4 is 4.74 Å². The van der Waals surface area contributed by atoms with Gasteiger partial charge in [0.25, 0.3) is 0 Å². The summed E-state index contributed by atoms with van der Waals surface area (Å²) in [6, 6.07) is 9.09. The number of ether oxygens (including phenoxy) is 1. The Morgan fingerprint density at radius 2 is 2.07 bits per heavy atom. The molecule has 0 N–H and O–H groups in total. The maximum absolute atomic E-state index is 8.84. The van der Waals surface area contributed by atoms with Crippen LogP contribution in [0.5, 0.6) is 5.75 Å². The molecule has 0 heterocycles. The van der Waals surface area contributed by atoms with Crippen LogP contribution in [0.3, 0.4) is 0 Å². The molecule has 1 rings (SSSR count). The molecule has 0 radical (unpaired) electrons. The quantitative estimate of drug-likeness (QED) is 0.548. The monoisotopic (exact) mass is 197 g/mol. The molecule has 0 aliphatic heterocycles. The highest BCUT2D eigenvalue weighted by Gasteiger charge is 2.02. The average Bonchev–Trinajstić information content (AvgIpc) is 2.29. The zero-order chi connectivity index (χ0) is 11.1. The van der Waals surface area contributed by atoms with E-state index in [9.17, 15) is 0 Å². The highest BCUT2D eigenvalue weighted by Crippen LogP contribution is 2.19. The number of allylic oxidation sites excluding steroid dienone is 3. The number of nitriles is 1. The molecule has 0 aliphatic carbocycles. The van der Waals surface area contributed by atoms with Gasteiger partial charge in [-0.2, -0.15) is 5.26 Å². The van der Waals surface area contributed by atoms with Gasteiger partial charge in [0.05, 0.1) is 5.56 Å². The Balaban J connectivity index is 2.98. The lowest BCUT2D eigenvalue weighted by atomic mass is 10.2. The summed E-state index contributed by atoms with van der Waals surface area (Å²) in [5, 5.41) is 8.84. The molecule has 0 aliphatic rings. The topological polar surface area (TPSA) is 33.0 Å². The average molecular weight is 197 g/mol. The van der Waals surface area contributed by atoms with Gasteiger partial charge in [-0.1, -0.05) is 31.4 Å². The third-order valence-electron chi connectivity index (χ3n) is 1.72. The number of hydrogen-bond acceptors (Lipinski definition) is 2. The minimum absolute atomic E-state index is 0.495. The molecule has 2 heteroatoms. The fraction of sp³-hybridized carbons (Fsp3) is 0. The van der Waals surface area contributed by atoms with Crippen LogP contribution in [0, 0.1) is 11.3 Å². The first-order valence-electron chi connectivity index (χ1n) is 4.44. The van der Waals surface area contributed by atoms with E-state index in [-0.39, 0.29) is 0 Å². The molecular formula is C13H11NO. The summed E-state index contributed by atoms with van der Waals surface area (Å²) in [7, 11) is 0. The van der Waals surface area contributed by atoms with Crippen molar-refractivity contribution in [2.75, 3.05) is 0 Å². The van der Waals surface area contributed by atoms with Crippen LogP contribution in [0.1, 0.15) is 5.56 Å². The lowest BCUT2D eigenvalue weighted by Gasteiger charge is -2.06. The Kier molecular flexibility index (Phi) is 3.93. The number of hydrogen-bond donors (Lipinski definition) is 0. The number of rotatable bonds is 4. The second kappa shape index (κ2) is 5.46. The largest absolute Gasteiger partial charge is 0.456 e. The van der Waals surface area contributed by atoms with E-state index in [0.717, 1.165) is 0 Å². The van der Waals surface area contributed by atoms with Crippen molar-refractivity contribution in [3.05, 3.63) is 67.0 Å².